The lowest BCUT2D eigenvalue weighted by atomic mass is 10.1. The summed E-state index contributed by atoms with van der Waals surface area (Å²) in [6.45, 7) is 1.87. The average molecular weight is 272 g/mol. The third-order valence-electron chi connectivity index (χ3n) is 2.16. The van der Waals surface area contributed by atoms with Crippen molar-refractivity contribution in [2.75, 3.05) is 19.0 Å². The van der Waals surface area contributed by atoms with Crippen molar-refractivity contribution in [1.82, 2.24) is 5.32 Å². The van der Waals surface area contributed by atoms with Gasteiger partial charge in [-0.15, -0.1) is 0 Å². The fraction of sp³-hybridized carbons (Fsp3) is 0.455. The van der Waals surface area contributed by atoms with Crippen LogP contribution in [0, 0.1) is 27.2 Å². The Kier molecular flexibility index (Phi) is 8.04. The number of aryl methyl sites for hydroxylation is 1. The molecule has 108 valence electrons. The summed E-state index contributed by atoms with van der Waals surface area (Å²) in [5.41, 5.74) is 0.0657. The maximum Gasteiger partial charge on any atom is 0.299 e. The van der Waals surface area contributed by atoms with Gasteiger partial charge in [-0.25, -0.2) is 0 Å². The van der Waals surface area contributed by atoms with Gasteiger partial charge >= 0.3 is 0 Å². The van der Waals surface area contributed by atoms with E-state index >= 15 is 0 Å². The van der Waals surface area contributed by atoms with Crippen LogP contribution in [-0.4, -0.2) is 23.6 Å². The van der Waals surface area contributed by atoms with Crippen LogP contribution < -0.4 is 10.6 Å². The first-order valence-electron chi connectivity index (χ1n) is 4.79. The molecule has 0 amide bonds. The van der Waals surface area contributed by atoms with E-state index in [2.05, 4.69) is 10.6 Å². The highest BCUT2D eigenvalue weighted by Crippen LogP contribution is 2.31. The van der Waals surface area contributed by atoms with E-state index in [0.717, 1.165) is 6.07 Å². The quantitative estimate of drug-likeness (QED) is 0.484. The molecule has 0 heterocycles. The summed E-state index contributed by atoms with van der Waals surface area (Å²) < 4.78 is 0. The number of hydrogen-bond donors (Lipinski definition) is 2. The zero-order valence-electron chi connectivity index (χ0n) is 9.39. The summed E-state index contributed by atoms with van der Waals surface area (Å²) in [5, 5.41) is 27.0. The smallest absolute Gasteiger partial charge is 0.299 e. The zero-order valence-corrected chi connectivity index (χ0v) is 9.39. The minimum Gasteiger partial charge on any atom is -0.367 e. The first-order chi connectivity index (χ1) is 7.97. The van der Waals surface area contributed by atoms with E-state index in [1.54, 1.807) is 7.05 Å². The van der Waals surface area contributed by atoms with Crippen LogP contribution >= 0.6 is 0 Å². The van der Waals surface area contributed by atoms with Gasteiger partial charge in [0.15, 0.2) is 0 Å². The third kappa shape index (κ3) is 4.51. The van der Waals surface area contributed by atoms with Crippen LogP contribution in [0.3, 0.4) is 0 Å². The Morgan fingerprint density at radius 1 is 1.11 bits per heavy atom. The van der Waals surface area contributed by atoms with Gasteiger partial charge in [-0.3, -0.25) is 20.2 Å². The normalized spacial score (nSPS) is 8.95. The van der Waals surface area contributed by atoms with Crippen molar-refractivity contribution in [1.29, 1.82) is 0 Å². The molecule has 8 nitrogen and oxygen atoms in total. The SMILES string of the molecule is C.C.CNCNc1cc(C)c([N+](=O)[O-])cc1[N+](=O)[O-]. The van der Waals surface area contributed by atoms with Crippen molar-refractivity contribution in [3.8, 4) is 0 Å². The molecular formula is C11H20N4O4. The van der Waals surface area contributed by atoms with Crippen molar-refractivity contribution >= 4 is 17.1 Å². The van der Waals surface area contributed by atoms with E-state index in [0.29, 0.717) is 12.2 Å². The van der Waals surface area contributed by atoms with E-state index in [4.69, 9.17) is 0 Å². The molecule has 0 bridgehead atoms. The predicted molar refractivity (Wildman–Crippen MR) is 75.5 cm³/mol. The molecule has 0 fully saturated rings. The molecule has 0 unspecified atom stereocenters. The fourth-order valence-electron chi connectivity index (χ4n) is 1.36. The second kappa shape index (κ2) is 7.98. The maximum atomic E-state index is 10.8. The van der Waals surface area contributed by atoms with Crippen molar-refractivity contribution in [2.45, 2.75) is 21.8 Å². The summed E-state index contributed by atoms with van der Waals surface area (Å²) in [6, 6.07) is 2.36. The molecule has 0 saturated carbocycles. The van der Waals surface area contributed by atoms with Crippen LogP contribution in [0.4, 0.5) is 17.1 Å². The Balaban J connectivity index is 0. The van der Waals surface area contributed by atoms with Crippen molar-refractivity contribution in [3.63, 3.8) is 0 Å². The van der Waals surface area contributed by atoms with Crippen LogP contribution in [0.15, 0.2) is 12.1 Å². The lowest BCUT2D eigenvalue weighted by Crippen LogP contribution is -2.17. The summed E-state index contributed by atoms with van der Waals surface area (Å²) in [6.07, 6.45) is 0. The minimum absolute atomic E-state index is 0. The molecule has 0 saturated heterocycles. The number of nitrogens with one attached hydrogen (secondary N) is 2. The lowest BCUT2D eigenvalue weighted by Gasteiger charge is -2.07. The molecular weight excluding hydrogens is 252 g/mol. The van der Waals surface area contributed by atoms with E-state index < -0.39 is 9.85 Å². The number of rotatable bonds is 5. The molecule has 2 N–H and O–H groups in total. The molecule has 8 heteroatoms. The number of nitro groups is 2. The molecule has 0 aliphatic rings. The zero-order chi connectivity index (χ0) is 13.0. The van der Waals surface area contributed by atoms with Gasteiger partial charge in [-0.2, -0.15) is 0 Å². The van der Waals surface area contributed by atoms with Crippen LogP contribution in [-0.2, 0) is 0 Å². The number of nitro benzene ring substituents is 2. The molecule has 0 spiro atoms. The van der Waals surface area contributed by atoms with Gasteiger partial charge in [0.05, 0.1) is 22.6 Å². The first-order valence-corrected chi connectivity index (χ1v) is 4.79. The van der Waals surface area contributed by atoms with Crippen molar-refractivity contribution in [3.05, 3.63) is 37.9 Å². The molecule has 0 aliphatic carbocycles. The Morgan fingerprint density at radius 3 is 2.05 bits per heavy atom. The van der Waals surface area contributed by atoms with Crippen molar-refractivity contribution in [2.24, 2.45) is 0 Å². The molecule has 0 radical (unpaired) electrons. The van der Waals surface area contributed by atoms with Crippen LogP contribution in [0.2, 0.25) is 0 Å². The highest BCUT2D eigenvalue weighted by molar-refractivity contribution is 5.67. The molecule has 0 atom stereocenters. The van der Waals surface area contributed by atoms with Crippen LogP contribution in [0.1, 0.15) is 20.4 Å². The van der Waals surface area contributed by atoms with E-state index in [1.807, 2.05) is 0 Å². The molecule has 0 aliphatic heterocycles. The van der Waals surface area contributed by atoms with E-state index in [-0.39, 0.29) is 31.9 Å². The summed E-state index contributed by atoms with van der Waals surface area (Å²) >= 11 is 0. The molecule has 1 aromatic carbocycles. The van der Waals surface area contributed by atoms with Crippen LogP contribution in [0.25, 0.3) is 0 Å². The van der Waals surface area contributed by atoms with E-state index in [1.165, 1.54) is 13.0 Å². The topological polar surface area (TPSA) is 110 Å². The van der Waals surface area contributed by atoms with Crippen LogP contribution in [0.5, 0.6) is 0 Å². The second-order valence-corrected chi connectivity index (χ2v) is 3.38. The lowest BCUT2D eigenvalue weighted by molar-refractivity contribution is -0.394. The highest BCUT2D eigenvalue weighted by atomic mass is 16.6. The molecule has 1 rings (SSSR count). The van der Waals surface area contributed by atoms with Crippen molar-refractivity contribution < 1.29 is 9.85 Å². The predicted octanol–water partition coefficient (Wildman–Crippen LogP) is 2.67. The monoisotopic (exact) mass is 272 g/mol. The fourth-order valence-corrected chi connectivity index (χ4v) is 1.36. The minimum atomic E-state index is -0.648. The number of hydrogen-bond acceptors (Lipinski definition) is 6. The average Bonchev–Trinajstić information content (AvgIpc) is 2.25. The highest BCUT2D eigenvalue weighted by Gasteiger charge is 2.22. The van der Waals surface area contributed by atoms with E-state index in [9.17, 15) is 20.2 Å². The van der Waals surface area contributed by atoms with Gasteiger partial charge < -0.3 is 10.6 Å². The molecule has 1 aromatic rings. The summed E-state index contributed by atoms with van der Waals surface area (Å²) in [5.74, 6) is 0. The summed E-state index contributed by atoms with van der Waals surface area (Å²) in [7, 11) is 1.68. The van der Waals surface area contributed by atoms with Gasteiger partial charge in [0.2, 0.25) is 0 Å². The van der Waals surface area contributed by atoms with Gasteiger partial charge in [0, 0.05) is 5.56 Å². The summed E-state index contributed by atoms with van der Waals surface area (Å²) in [4.78, 5) is 20.2. The van der Waals surface area contributed by atoms with Gasteiger partial charge in [0.1, 0.15) is 5.69 Å². The Hall–Kier alpha value is -2.22. The number of anilines is 1. The number of nitrogens with zero attached hydrogens (tertiary/aromatic N) is 2. The third-order valence-corrected chi connectivity index (χ3v) is 2.16. The van der Waals surface area contributed by atoms with Gasteiger partial charge in [-0.05, 0) is 20.0 Å². The maximum absolute atomic E-state index is 10.8. The first kappa shape index (κ1) is 19.1. The Bertz CT molecular complexity index is 462. The Morgan fingerprint density at radius 2 is 1.63 bits per heavy atom. The Labute approximate surface area is 112 Å². The molecule has 19 heavy (non-hydrogen) atoms. The standard InChI is InChI=1S/C9H12N4O4.2CH4/c1-6-3-7(11-5-10-2)9(13(16)17)4-8(6)12(14)15;;/h3-4,10-11H,5H2,1-2H3;2*1H4. The number of benzene rings is 1. The molecule has 0 aromatic heterocycles. The second-order valence-electron chi connectivity index (χ2n) is 3.38. The van der Waals surface area contributed by atoms with Gasteiger partial charge in [0.25, 0.3) is 11.4 Å². The van der Waals surface area contributed by atoms with Gasteiger partial charge in [-0.1, -0.05) is 14.9 Å². The largest absolute Gasteiger partial charge is 0.367 e.